The van der Waals surface area contributed by atoms with Crippen LogP contribution >= 0.6 is 0 Å². The molecule has 424 valence electrons. The van der Waals surface area contributed by atoms with Gasteiger partial charge in [0.1, 0.15) is 11.3 Å². The molecule has 1 spiro atoms. The van der Waals surface area contributed by atoms with Gasteiger partial charge in [-0.2, -0.15) is 0 Å². The highest BCUT2D eigenvalue weighted by atomic mass is 16.6. The van der Waals surface area contributed by atoms with Crippen LogP contribution in [0.15, 0.2) is 130 Å². The lowest BCUT2D eigenvalue weighted by Gasteiger charge is -2.56. The molecule has 0 amide bonds. The van der Waals surface area contributed by atoms with Crippen molar-refractivity contribution in [2.75, 3.05) is 26.9 Å². The quantitative estimate of drug-likeness (QED) is 0.0423. The third-order valence-electron chi connectivity index (χ3n) is 20.4. The van der Waals surface area contributed by atoms with Gasteiger partial charge in [-0.3, -0.25) is 4.79 Å². The van der Waals surface area contributed by atoms with Crippen LogP contribution in [0.25, 0.3) is 17.0 Å². The lowest BCUT2D eigenvalue weighted by Crippen LogP contribution is -2.66. The van der Waals surface area contributed by atoms with Crippen molar-refractivity contribution in [3.8, 4) is 17.6 Å². The van der Waals surface area contributed by atoms with Crippen molar-refractivity contribution in [3.05, 3.63) is 186 Å². The van der Waals surface area contributed by atoms with Crippen LogP contribution in [0.4, 0.5) is 0 Å². The van der Waals surface area contributed by atoms with E-state index >= 15 is 9.59 Å². The van der Waals surface area contributed by atoms with Crippen LogP contribution in [0.2, 0.25) is 0 Å². The average Bonchev–Trinajstić information content (AvgIpc) is 2.10. The highest BCUT2D eigenvalue weighted by molar-refractivity contribution is 5.91. The van der Waals surface area contributed by atoms with E-state index in [1.54, 1.807) is 19.1 Å². The Labute approximate surface area is 480 Å². The highest BCUT2D eigenvalue weighted by Crippen LogP contribution is 2.59. The van der Waals surface area contributed by atoms with Crippen molar-refractivity contribution in [2.45, 2.75) is 144 Å². The molecule has 0 saturated heterocycles. The summed E-state index contributed by atoms with van der Waals surface area (Å²) < 4.78 is 33.8. The fourth-order valence-corrected chi connectivity index (χ4v) is 16.5. The molecule has 4 heterocycles. The molecule has 5 aliphatic carbocycles. The van der Waals surface area contributed by atoms with E-state index in [9.17, 15) is 20.1 Å². The number of aliphatic hydroxyl groups excluding tert-OH is 3. The number of carbonyl (C=O) groups is 2. The van der Waals surface area contributed by atoms with Crippen LogP contribution in [-0.4, -0.2) is 65.9 Å². The Kier molecular flexibility index (Phi) is 14.9. The molecule has 2 saturated carbocycles. The number of carbonyl (C=O) groups excluding carboxylic acids is 2. The molecule has 13 rings (SSSR count). The maximum absolute atomic E-state index is 15.9. The van der Waals surface area contributed by atoms with Crippen LogP contribution in [-0.2, 0) is 48.7 Å². The number of esters is 2. The zero-order valence-corrected chi connectivity index (χ0v) is 47.1. The van der Waals surface area contributed by atoms with Gasteiger partial charge in [0.2, 0.25) is 0 Å². The summed E-state index contributed by atoms with van der Waals surface area (Å²) >= 11 is 0. The van der Waals surface area contributed by atoms with Gasteiger partial charge in [-0.05, 0) is 138 Å². The zero-order valence-electron chi connectivity index (χ0n) is 47.1. The second kappa shape index (κ2) is 22.4. The Morgan fingerprint density at radius 2 is 1.73 bits per heavy atom. The number of ether oxygens (including phenoxy) is 4. The molecular formula is C71H74O11. The van der Waals surface area contributed by atoms with E-state index < -0.39 is 53.8 Å². The summed E-state index contributed by atoms with van der Waals surface area (Å²) in [4.78, 5) is 46.0. The maximum atomic E-state index is 15.9. The van der Waals surface area contributed by atoms with Crippen molar-refractivity contribution in [3.63, 3.8) is 0 Å². The van der Waals surface area contributed by atoms with E-state index in [-0.39, 0.29) is 96.4 Å². The Morgan fingerprint density at radius 1 is 0.866 bits per heavy atom. The maximum Gasteiger partial charge on any atom is 0.340 e. The topological polar surface area (TPSA) is 162 Å². The Morgan fingerprint density at radius 3 is 2.59 bits per heavy atom. The lowest BCUT2D eigenvalue weighted by molar-refractivity contribution is -0.214. The molecule has 82 heavy (non-hydrogen) atoms. The molecule has 5 aromatic rings. The number of benzene rings is 4. The number of hydrogen-bond donors (Lipinski definition) is 3. The zero-order chi connectivity index (χ0) is 56.3. The summed E-state index contributed by atoms with van der Waals surface area (Å²) in [5.41, 5.74) is 7.60. The van der Waals surface area contributed by atoms with Crippen molar-refractivity contribution in [2.24, 2.45) is 29.6 Å². The van der Waals surface area contributed by atoms with E-state index in [4.69, 9.17) is 23.4 Å². The molecule has 11 nitrogen and oxygen atoms in total. The molecule has 3 aliphatic heterocycles. The van der Waals surface area contributed by atoms with Crippen LogP contribution in [0.5, 0.6) is 5.75 Å². The first kappa shape index (κ1) is 54.4. The van der Waals surface area contributed by atoms with E-state index in [1.165, 1.54) is 35.8 Å². The van der Waals surface area contributed by atoms with Gasteiger partial charge >= 0.3 is 17.6 Å². The largest absolute Gasteiger partial charge is 0.481 e. The monoisotopic (exact) mass is 1100 g/mol. The molecule has 5 bridgehead atoms. The molecule has 1 aromatic heterocycles. The van der Waals surface area contributed by atoms with Crippen molar-refractivity contribution < 1.29 is 48.3 Å². The van der Waals surface area contributed by atoms with Gasteiger partial charge < -0.3 is 38.7 Å². The first-order chi connectivity index (χ1) is 40.1. The third kappa shape index (κ3) is 9.15. The van der Waals surface area contributed by atoms with Gasteiger partial charge in [0.25, 0.3) is 0 Å². The summed E-state index contributed by atoms with van der Waals surface area (Å²) in [5.74, 6) is 4.92. The van der Waals surface area contributed by atoms with Gasteiger partial charge in [-0.1, -0.05) is 141 Å². The van der Waals surface area contributed by atoms with Crippen LogP contribution < -0.4 is 10.4 Å². The summed E-state index contributed by atoms with van der Waals surface area (Å²) in [6.45, 7) is 0.663. The smallest absolute Gasteiger partial charge is 0.340 e. The highest BCUT2D eigenvalue weighted by Gasteiger charge is 2.65. The van der Waals surface area contributed by atoms with Crippen molar-refractivity contribution >= 4 is 29.0 Å². The number of allylic oxidation sites excluding steroid dienone is 4. The van der Waals surface area contributed by atoms with Gasteiger partial charge in [-0.25, -0.2) is 9.59 Å². The summed E-state index contributed by atoms with van der Waals surface area (Å²) in [7, 11) is 1.51. The minimum atomic E-state index is -1.41. The fourth-order valence-electron chi connectivity index (χ4n) is 16.5. The average molecular weight is 1100 g/mol. The second-order valence-electron chi connectivity index (χ2n) is 24.6. The number of aryl methyl sites for hydroxylation is 1. The van der Waals surface area contributed by atoms with Crippen molar-refractivity contribution in [1.29, 1.82) is 0 Å². The van der Waals surface area contributed by atoms with Gasteiger partial charge in [0, 0.05) is 72.2 Å². The van der Waals surface area contributed by atoms with Crippen LogP contribution in [0.1, 0.15) is 163 Å². The first-order valence-electron chi connectivity index (χ1n) is 30.1. The van der Waals surface area contributed by atoms with Gasteiger partial charge in [0.15, 0.2) is 17.8 Å². The molecule has 11 heteroatoms. The molecular weight excluding hydrogens is 1030 g/mol. The first-order valence-corrected chi connectivity index (χ1v) is 30.1. The summed E-state index contributed by atoms with van der Waals surface area (Å²) in [6, 6.07) is 28.2. The normalized spacial score (nSPS) is 30.7. The molecule has 2 fully saturated rings. The SMILES string of the molecule is COCC(CCO)c1c(CO)c2ccc3c(c2oc1=O)C1OC(=O)CC2CC(c4cccc(C56CCCCC5C=Cc5ccccc56)c4)C=CC2c2ccc4cc2CC#CC2C=CC5CCCCC5C2(O3)C1OC(=O)C(=C(C)CO)CC4. The van der Waals surface area contributed by atoms with E-state index in [0.717, 1.165) is 61.6 Å². The number of aliphatic hydroxyl groups is 3. The molecule has 4 aromatic carbocycles. The number of methoxy groups -OCH3 is 1. The number of fused-ring (bicyclic) bond motifs is 12. The predicted molar refractivity (Wildman–Crippen MR) is 313 cm³/mol. The lowest BCUT2D eigenvalue weighted by atomic mass is 9.56. The molecule has 8 aliphatic rings. The molecule has 12 atom stereocenters. The van der Waals surface area contributed by atoms with Gasteiger partial charge in [0.05, 0.1) is 31.3 Å². The van der Waals surface area contributed by atoms with Crippen LogP contribution in [0, 0.1) is 41.4 Å². The minimum absolute atomic E-state index is 0.00732. The fraction of sp³-hybridized carbons (Fsp3) is 0.451. The summed E-state index contributed by atoms with van der Waals surface area (Å²) in [5, 5.41) is 32.6. The molecule has 3 N–H and O–H groups in total. The van der Waals surface area contributed by atoms with E-state index in [0.29, 0.717) is 47.5 Å². The van der Waals surface area contributed by atoms with E-state index in [1.807, 2.05) is 0 Å². The van der Waals surface area contributed by atoms with Gasteiger partial charge in [-0.15, -0.1) is 0 Å². The van der Waals surface area contributed by atoms with Crippen molar-refractivity contribution in [1.82, 2.24) is 0 Å². The summed E-state index contributed by atoms with van der Waals surface area (Å²) in [6.07, 6.45) is 21.1. The number of rotatable bonds is 9. The van der Waals surface area contributed by atoms with E-state index in [2.05, 4.69) is 115 Å². The molecule has 0 radical (unpaired) electrons. The van der Waals surface area contributed by atoms with Crippen LogP contribution in [0.3, 0.4) is 0 Å². The standard InChI is InChI=1S/C71H74O11/c1-42(39-73)54-27-20-43-21-28-55-48(35-43)14-10-16-52-26-23-45-12-4-6-19-60(45)71(52)67(81-68(54)76)66(64-61(82-71)31-30-57-58(40-74)63(69(77)80-65(57)64)49(32-34-72)41-78-2)79-62(75)38-50-36-47(24-29-56(50)55)46-13-9-17-53(37-46)70-33-8-7-15-51(70)25-22-44-11-3-5-18-59(44)70/h3,5,9,11,13,17-18,21-26,28-31,35,37,45,47,49-52,56,60,66-67,72-74H,4,6-8,12,14-15,19-20,27,32-34,36,38-41H2,1-2H3. The third-order valence-corrected chi connectivity index (χ3v) is 20.4. The Balaban J connectivity index is 1.00. The Hall–Kier alpha value is -6.81. The predicted octanol–water partition coefficient (Wildman–Crippen LogP) is 11.9. The Bertz CT molecular complexity index is 3580. The number of hydrogen-bond acceptors (Lipinski definition) is 11. The minimum Gasteiger partial charge on any atom is -0.481 e. The molecule has 12 unspecified atom stereocenters. The second-order valence-corrected chi connectivity index (χ2v) is 24.6.